The molecular weight excluding hydrogens is 522 g/mol. The number of likely N-dealkylation sites (tertiary alicyclic amines) is 1. The molecular formula is C27H31N5O6S. The Bertz CT molecular complexity index is 1410. The van der Waals surface area contributed by atoms with Gasteiger partial charge in [-0.2, -0.15) is 5.26 Å². The van der Waals surface area contributed by atoms with Crippen molar-refractivity contribution in [3.05, 3.63) is 58.3 Å². The molecule has 39 heavy (non-hydrogen) atoms. The molecule has 2 aliphatic rings. The van der Waals surface area contributed by atoms with Gasteiger partial charge in [0.25, 0.3) is 0 Å². The van der Waals surface area contributed by atoms with E-state index in [1.807, 2.05) is 4.90 Å². The van der Waals surface area contributed by atoms with Gasteiger partial charge in [0.2, 0.25) is 21.8 Å². The normalized spacial score (nSPS) is 16.3. The van der Waals surface area contributed by atoms with Crippen molar-refractivity contribution < 1.29 is 27.9 Å². The second kappa shape index (κ2) is 11.8. The van der Waals surface area contributed by atoms with Crippen LogP contribution in [0.4, 0.5) is 5.82 Å². The summed E-state index contributed by atoms with van der Waals surface area (Å²) in [5, 5.41) is 19.9. The van der Waals surface area contributed by atoms with E-state index in [1.165, 1.54) is 0 Å². The van der Waals surface area contributed by atoms with E-state index in [1.54, 1.807) is 42.2 Å². The molecule has 2 amide bonds. The van der Waals surface area contributed by atoms with Gasteiger partial charge in [-0.15, -0.1) is 0 Å². The monoisotopic (exact) mass is 553 g/mol. The van der Waals surface area contributed by atoms with Crippen molar-refractivity contribution in [1.29, 1.82) is 5.26 Å². The zero-order valence-corrected chi connectivity index (χ0v) is 22.5. The number of nitriles is 1. The zero-order valence-electron chi connectivity index (χ0n) is 21.7. The van der Waals surface area contributed by atoms with Gasteiger partial charge in [-0.25, -0.2) is 18.2 Å². The number of aromatic nitrogens is 1. The van der Waals surface area contributed by atoms with Gasteiger partial charge in [0.05, 0.1) is 29.1 Å². The lowest BCUT2D eigenvalue weighted by atomic mass is 9.94. The minimum atomic E-state index is -3.86. The van der Waals surface area contributed by atoms with E-state index in [4.69, 9.17) is 0 Å². The van der Waals surface area contributed by atoms with Crippen molar-refractivity contribution in [3.8, 4) is 6.07 Å². The molecule has 12 heteroatoms. The van der Waals surface area contributed by atoms with Crippen LogP contribution in [-0.4, -0.2) is 60.8 Å². The molecule has 0 spiro atoms. The SMILES string of the molecule is CCc1c(C#N)c(N2CCC(C(=O)NS(=O)(=O)Cc3ccccc3)CC2)nc(CN2CCCC2=O)c1C(=O)O. The molecule has 0 radical (unpaired) electrons. The van der Waals surface area contributed by atoms with Crippen molar-refractivity contribution in [3.63, 3.8) is 0 Å². The summed E-state index contributed by atoms with van der Waals surface area (Å²) in [5.74, 6) is -2.34. The molecule has 2 N–H and O–H groups in total. The first-order valence-electron chi connectivity index (χ1n) is 12.9. The van der Waals surface area contributed by atoms with Gasteiger partial charge in [0.1, 0.15) is 11.9 Å². The minimum absolute atomic E-state index is 0.0459. The number of carbonyl (C=O) groups is 3. The topological polar surface area (TPSA) is 161 Å². The Hall–Kier alpha value is -3.98. The Balaban J connectivity index is 1.52. The smallest absolute Gasteiger partial charge is 0.337 e. The molecule has 2 saturated heterocycles. The zero-order chi connectivity index (χ0) is 28.2. The summed E-state index contributed by atoms with van der Waals surface area (Å²) in [6.45, 7) is 2.99. The van der Waals surface area contributed by atoms with Crippen LogP contribution < -0.4 is 9.62 Å². The van der Waals surface area contributed by atoms with Crippen molar-refractivity contribution >= 4 is 33.6 Å². The first-order chi connectivity index (χ1) is 18.6. The van der Waals surface area contributed by atoms with Crippen molar-refractivity contribution in [1.82, 2.24) is 14.6 Å². The molecule has 2 fully saturated rings. The molecule has 206 valence electrons. The first kappa shape index (κ1) is 28.0. The molecule has 4 rings (SSSR count). The number of carboxylic acids is 1. The Morgan fingerprint density at radius 3 is 2.44 bits per heavy atom. The standard InChI is InChI=1S/C27H31N5O6S/c1-2-20-21(15-28)25(29-22(24(20)27(35)36)16-32-12-6-9-23(32)33)31-13-10-19(11-14-31)26(34)30-39(37,38)17-18-7-4-3-5-8-18/h3-5,7-8,19H,2,6,9-14,16-17H2,1H3,(H,30,34)(H,35,36). The second-order valence-electron chi connectivity index (χ2n) is 9.77. The van der Waals surface area contributed by atoms with Crippen molar-refractivity contribution in [2.24, 2.45) is 5.92 Å². The summed E-state index contributed by atoms with van der Waals surface area (Å²) in [7, 11) is -3.86. The molecule has 1 aromatic heterocycles. The Morgan fingerprint density at radius 2 is 1.87 bits per heavy atom. The first-order valence-corrected chi connectivity index (χ1v) is 14.6. The van der Waals surface area contributed by atoms with E-state index in [0.29, 0.717) is 68.7 Å². The van der Waals surface area contributed by atoms with Gasteiger partial charge in [-0.05, 0) is 36.8 Å². The third-order valence-corrected chi connectivity index (χ3v) is 8.39. The number of amides is 2. The number of pyridine rings is 1. The highest BCUT2D eigenvalue weighted by Gasteiger charge is 2.32. The third-order valence-electron chi connectivity index (χ3n) is 7.17. The van der Waals surface area contributed by atoms with Crippen LogP contribution in [0.3, 0.4) is 0 Å². The molecule has 2 aliphatic heterocycles. The molecule has 0 bridgehead atoms. The Kier molecular flexibility index (Phi) is 8.50. The van der Waals surface area contributed by atoms with Gasteiger partial charge in [-0.3, -0.25) is 14.3 Å². The van der Waals surface area contributed by atoms with E-state index in [-0.39, 0.29) is 35.0 Å². The van der Waals surface area contributed by atoms with E-state index in [9.17, 15) is 33.2 Å². The predicted molar refractivity (Wildman–Crippen MR) is 142 cm³/mol. The fourth-order valence-electron chi connectivity index (χ4n) is 5.21. The van der Waals surface area contributed by atoms with Crippen LogP contribution in [0.25, 0.3) is 0 Å². The summed E-state index contributed by atoms with van der Waals surface area (Å²) in [4.78, 5) is 45.2. The van der Waals surface area contributed by atoms with Crippen LogP contribution in [-0.2, 0) is 38.3 Å². The molecule has 11 nitrogen and oxygen atoms in total. The maximum Gasteiger partial charge on any atom is 0.337 e. The summed E-state index contributed by atoms with van der Waals surface area (Å²) in [6.07, 6.45) is 2.06. The third kappa shape index (κ3) is 6.37. The van der Waals surface area contributed by atoms with Crippen LogP contribution in [0.15, 0.2) is 30.3 Å². The van der Waals surface area contributed by atoms with Gasteiger partial charge >= 0.3 is 5.97 Å². The lowest BCUT2D eigenvalue weighted by Crippen LogP contribution is -2.43. The highest BCUT2D eigenvalue weighted by Crippen LogP contribution is 2.31. The average molecular weight is 554 g/mol. The van der Waals surface area contributed by atoms with Crippen LogP contribution in [0.2, 0.25) is 0 Å². The number of anilines is 1. The molecule has 0 unspecified atom stereocenters. The molecule has 3 heterocycles. The lowest BCUT2D eigenvalue weighted by Gasteiger charge is -2.33. The van der Waals surface area contributed by atoms with Crippen LogP contribution in [0, 0.1) is 17.2 Å². The van der Waals surface area contributed by atoms with Gasteiger partial charge in [0, 0.05) is 32.0 Å². The number of hydrogen-bond acceptors (Lipinski definition) is 8. The van der Waals surface area contributed by atoms with E-state index < -0.39 is 27.8 Å². The number of nitrogens with zero attached hydrogens (tertiary/aromatic N) is 4. The number of hydrogen-bond donors (Lipinski definition) is 2. The van der Waals surface area contributed by atoms with Gasteiger partial charge < -0.3 is 14.9 Å². The fraction of sp³-hybridized carbons (Fsp3) is 0.444. The lowest BCUT2D eigenvalue weighted by molar-refractivity contribution is -0.128. The van der Waals surface area contributed by atoms with Crippen LogP contribution in [0.1, 0.15) is 65.3 Å². The summed E-state index contributed by atoms with van der Waals surface area (Å²) < 4.78 is 27.2. The Morgan fingerprint density at radius 1 is 1.18 bits per heavy atom. The fourth-order valence-corrected chi connectivity index (χ4v) is 6.39. The van der Waals surface area contributed by atoms with E-state index >= 15 is 0 Å². The molecule has 2 aromatic rings. The van der Waals surface area contributed by atoms with Crippen molar-refractivity contribution in [2.75, 3.05) is 24.5 Å². The Labute approximate surface area is 227 Å². The largest absolute Gasteiger partial charge is 0.478 e. The minimum Gasteiger partial charge on any atom is -0.478 e. The molecule has 1 aromatic carbocycles. The number of piperidine rings is 1. The number of carbonyl (C=O) groups excluding carboxylic acids is 2. The summed E-state index contributed by atoms with van der Waals surface area (Å²) in [6, 6.07) is 10.7. The maximum absolute atomic E-state index is 12.8. The predicted octanol–water partition coefficient (Wildman–Crippen LogP) is 2.20. The number of aromatic carboxylic acids is 1. The molecule has 0 saturated carbocycles. The number of sulfonamides is 1. The molecule has 0 aliphatic carbocycles. The summed E-state index contributed by atoms with van der Waals surface area (Å²) in [5.41, 5.74) is 1.29. The summed E-state index contributed by atoms with van der Waals surface area (Å²) >= 11 is 0. The number of benzene rings is 1. The average Bonchev–Trinajstić information content (AvgIpc) is 3.31. The number of carboxylic acid groups (broad SMARTS) is 1. The number of rotatable bonds is 9. The highest BCUT2D eigenvalue weighted by atomic mass is 32.2. The maximum atomic E-state index is 12.8. The van der Waals surface area contributed by atoms with Crippen LogP contribution >= 0.6 is 0 Å². The second-order valence-corrected chi connectivity index (χ2v) is 11.5. The van der Waals surface area contributed by atoms with Gasteiger partial charge in [-0.1, -0.05) is 37.3 Å². The number of nitrogens with one attached hydrogen (secondary N) is 1. The quantitative estimate of drug-likeness (QED) is 0.474. The van der Waals surface area contributed by atoms with Crippen molar-refractivity contribution in [2.45, 2.75) is 51.3 Å². The van der Waals surface area contributed by atoms with Crippen LogP contribution in [0.5, 0.6) is 0 Å². The van der Waals surface area contributed by atoms with E-state index in [2.05, 4.69) is 15.8 Å². The molecule has 0 atom stereocenters. The highest BCUT2D eigenvalue weighted by molar-refractivity contribution is 7.89. The van der Waals surface area contributed by atoms with Gasteiger partial charge in [0.15, 0.2) is 0 Å². The van der Waals surface area contributed by atoms with E-state index in [0.717, 1.165) is 0 Å².